The van der Waals surface area contributed by atoms with Crippen molar-refractivity contribution in [2.24, 2.45) is 0 Å². The summed E-state index contributed by atoms with van der Waals surface area (Å²) < 4.78 is 22.5. The molecule has 6 rings (SSSR count). The van der Waals surface area contributed by atoms with Crippen LogP contribution in [0.4, 0.5) is 4.79 Å². The van der Waals surface area contributed by atoms with E-state index in [-0.39, 0.29) is 56.5 Å². The number of methoxy groups -OCH3 is 3. The molecule has 3 aliphatic heterocycles. The van der Waals surface area contributed by atoms with Gasteiger partial charge in [-0.2, -0.15) is 0 Å². The zero-order chi connectivity index (χ0) is 46.1. The fourth-order valence-corrected chi connectivity index (χ4v) is 9.69. The number of imide groups is 1. The fourth-order valence-electron chi connectivity index (χ4n) is 9.39. The second kappa shape index (κ2) is 21.2. The average Bonchev–Trinajstić information content (AvgIpc) is 3.76. The summed E-state index contributed by atoms with van der Waals surface area (Å²) >= 11 is 13.0. The topological polar surface area (TPSA) is 179 Å². The van der Waals surface area contributed by atoms with Crippen LogP contribution in [-0.4, -0.2) is 166 Å². The number of piperidine rings is 1. The number of halogens is 2. The highest BCUT2D eigenvalue weighted by molar-refractivity contribution is 6.42. The standard InChI is InChI=1S/C46H60Cl2N6O10/c1-44(64-32-54(31-57,22-24-55)23-25-56)29-49-16-21-53(44)43(60)50-42(59)46(34-8-6-5-7-9-34)14-18-51(19-15-46)17-12-45(35-10-11-36(47)37(48)28-35)13-20-52(30-45)41(58)33-26-38(61-2)40(63-4)39(27-33)62-3/h5-11,26-28,31,49,55-56H,12-25,29-30,32H2,1-4H3/p+1/t44-,45?/m0/s1. The number of nitrogens with one attached hydrogen (secondary N) is 2. The van der Waals surface area contributed by atoms with Gasteiger partial charge in [0.25, 0.3) is 5.91 Å². The van der Waals surface area contributed by atoms with Crippen molar-refractivity contribution in [1.82, 2.24) is 25.3 Å². The van der Waals surface area contributed by atoms with Crippen molar-refractivity contribution in [2.75, 3.05) is 107 Å². The maximum Gasteiger partial charge on any atom is 0.326 e. The average molecular weight is 929 g/mol. The number of benzene rings is 3. The second-order valence-electron chi connectivity index (χ2n) is 17.1. The van der Waals surface area contributed by atoms with Gasteiger partial charge in [-0.15, -0.1) is 0 Å². The van der Waals surface area contributed by atoms with Crippen molar-refractivity contribution in [3.63, 3.8) is 0 Å². The first kappa shape index (κ1) is 48.9. The normalized spacial score (nSPS) is 21.3. The molecule has 0 aliphatic carbocycles. The highest BCUT2D eigenvalue weighted by atomic mass is 35.5. The number of rotatable bonds is 18. The molecule has 0 bridgehead atoms. The summed E-state index contributed by atoms with van der Waals surface area (Å²) in [7, 11) is 4.54. The van der Waals surface area contributed by atoms with Crippen molar-refractivity contribution in [1.29, 1.82) is 0 Å². The number of hydrogen-bond acceptors (Lipinski definition) is 12. The van der Waals surface area contributed by atoms with Gasteiger partial charge in [0.15, 0.2) is 24.0 Å². The predicted octanol–water partition coefficient (Wildman–Crippen LogP) is 4.02. The minimum absolute atomic E-state index is 0.0278. The van der Waals surface area contributed by atoms with Gasteiger partial charge < -0.3 is 44.3 Å². The lowest BCUT2D eigenvalue weighted by molar-refractivity contribution is -0.870. The molecule has 5 amide bonds. The third-order valence-corrected chi connectivity index (χ3v) is 14.1. The number of likely N-dealkylation sites (tertiary alicyclic amines) is 2. The lowest BCUT2D eigenvalue weighted by Crippen LogP contribution is -2.67. The van der Waals surface area contributed by atoms with Gasteiger partial charge in [-0.25, -0.2) is 14.1 Å². The Balaban J connectivity index is 1.18. The van der Waals surface area contributed by atoms with Crippen LogP contribution in [0.15, 0.2) is 60.7 Å². The van der Waals surface area contributed by atoms with E-state index in [9.17, 15) is 29.4 Å². The molecule has 0 aromatic heterocycles. The van der Waals surface area contributed by atoms with Crippen LogP contribution in [0.3, 0.4) is 0 Å². The largest absolute Gasteiger partial charge is 0.493 e. The van der Waals surface area contributed by atoms with Gasteiger partial charge in [0.2, 0.25) is 11.7 Å². The minimum Gasteiger partial charge on any atom is -0.493 e. The molecular formula is C46H61Cl2N6O10+. The number of aliphatic hydroxyl groups excluding tert-OH is 2. The molecule has 16 nitrogen and oxygen atoms in total. The fraction of sp³-hybridized carbons (Fsp3) is 0.522. The van der Waals surface area contributed by atoms with Crippen molar-refractivity contribution in [2.45, 2.75) is 49.2 Å². The number of carbonyl (C=O) groups is 4. The second-order valence-corrected chi connectivity index (χ2v) is 17.9. The van der Waals surface area contributed by atoms with Crippen LogP contribution in [0.1, 0.15) is 54.1 Å². The first-order chi connectivity index (χ1) is 30.7. The summed E-state index contributed by atoms with van der Waals surface area (Å²) in [6, 6.07) is 17.9. The molecule has 4 N–H and O–H groups in total. The number of piperazine rings is 1. The van der Waals surface area contributed by atoms with Crippen LogP contribution in [0.2, 0.25) is 10.0 Å². The molecule has 3 aliphatic rings. The van der Waals surface area contributed by atoms with E-state index in [1.54, 1.807) is 25.1 Å². The number of nitrogens with zero attached hydrogens (tertiary/aromatic N) is 4. The highest BCUT2D eigenvalue weighted by Crippen LogP contribution is 2.44. The van der Waals surface area contributed by atoms with Crippen molar-refractivity contribution >= 4 is 47.5 Å². The number of urea groups is 1. The van der Waals surface area contributed by atoms with E-state index in [2.05, 4.69) is 15.5 Å². The summed E-state index contributed by atoms with van der Waals surface area (Å²) in [6.07, 6.45) is 2.89. The quantitative estimate of drug-likeness (QED) is 0.0820. The lowest BCUT2D eigenvalue weighted by Gasteiger charge is -2.46. The zero-order valence-corrected chi connectivity index (χ0v) is 38.6. The predicted molar refractivity (Wildman–Crippen MR) is 241 cm³/mol. The van der Waals surface area contributed by atoms with Crippen LogP contribution in [0.5, 0.6) is 17.2 Å². The number of quaternary nitrogens is 1. The van der Waals surface area contributed by atoms with Gasteiger partial charge >= 0.3 is 12.4 Å². The van der Waals surface area contributed by atoms with E-state index >= 15 is 0 Å². The Morgan fingerprint density at radius 2 is 1.53 bits per heavy atom. The van der Waals surface area contributed by atoms with Gasteiger partial charge in [-0.1, -0.05) is 59.6 Å². The molecule has 3 aromatic rings. The van der Waals surface area contributed by atoms with Gasteiger partial charge in [-0.05, 0) is 87.6 Å². The maximum atomic E-state index is 14.6. The van der Waals surface area contributed by atoms with E-state index < -0.39 is 28.5 Å². The smallest absolute Gasteiger partial charge is 0.326 e. The maximum absolute atomic E-state index is 14.6. The SMILES string of the molecule is COc1cc(C(=O)N2CCC(CCN3CCC(C(=O)NC(=O)N4CCNC[C@]4(C)OC[N+](C=O)(CCO)CCO)(c4ccccc4)CC3)(c3ccc(Cl)c(Cl)c3)C2)cc(OC)c1OC. The summed E-state index contributed by atoms with van der Waals surface area (Å²) in [4.78, 5) is 60.7. The van der Waals surface area contributed by atoms with E-state index in [0.717, 1.165) is 11.1 Å². The van der Waals surface area contributed by atoms with Crippen molar-refractivity contribution in [3.8, 4) is 17.2 Å². The monoisotopic (exact) mass is 927 g/mol. The van der Waals surface area contributed by atoms with Crippen LogP contribution >= 0.6 is 23.2 Å². The molecule has 3 heterocycles. The van der Waals surface area contributed by atoms with Crippen LogP contribution in [0, 0.1) is 0 Å². The molecule has 2 atom stereocenters. The molecule has 1 unspecified atom stereocenters. The summed E-state index contributed by atoms with van der Waals surface area (Å²) in [5.41, 5.74) is -0.512. The molecule has 3 saturated heterocycles. The van der Waals surface area contributed by atoms with Crippen molar-refractivity contribution in [3.05, 3.63) is 87.4 Å². The van der Waals surface area contributed by atoms with E-state index in [4.69, 9.17) is 42.1 Å². The summed E-state index contributed by atoms with van der Waals surface area (Å²) in [6.45, 7) is 4.62. The number of ether oxygens (including phenoxy) is 4. The third-order valence-electron chi connectivity index (χ3n) is 13.4. The first-order valence-corrected chi connectivity index (χ1v) is 22.4. The number of amides is 5. The van der Waals surface area contributed by atoms with Gasteiger partial charge in [0, 0.05) is 43.7 Å². The van der Waals surface area contributed by atoms with Crippen LogP contribution in [-0.2, 0) is 25.2 Å². The Labute approximate surface area is 384 Å². The number of aliphatic hydroxyl groups is 2. The number of hydrogen-bond donors (Lipinski definition) is 4. The van der Waals surface area contributed by atoms with Crippen molar-refractivity contribution < 1.29 is 52.8 Å². The Morgan fingerprint density at radius 1 is 0.859 bits per heavy atom. The molecule has 3 aromatic carbocycles. The summed E-state index contributed by atoms with van der Waals surface area (Å²) in [5, 5.41) is 26.1. The molecular weight excluding hydrogens is 867 g/mol. The van der Waals surface area contributed by atoms with Crippen LogP contribution in [0.25, 0.3) is 0 Å². The Kier molecular flexibility index (Phi) is 16.2. The molecule has 0 spiro atoms. The van der Waals surface area contributed by atoms with Crippen LogP contribution < -0.4 is 24.8 Å². The highest BCUT2D eigenvalue weighted by Gasteiger charge is 2.48. The van der Waals surface area contributed by atoms with E-state index in [1.165, 1.54) is 26.2 Å². The summed E-state index contributed by atoms with van der Waals surface area (Å²) in [5.74, 6) is 0.592. The van der Waals surface area contributed by atoms with E-state index in [1.807, 2.05) is 47.4 Å². The zero-order valence-electron chi connectivity index (χ0n) is 37.1. The lowest BCUT2D eigenvalue weighted by atomic mass is 9.71. The van der Waals surface area contributed by atoms with Gasteiger partial charge in [0.05, 0.1) is 50.0 Å². The first-order valence-electron chi connectivity index (χ1n) is 21.6. The molecule has 0 radical (unpaired) electrons. The Bertz CT molecular complexity index is 2090. The molecule has 0 saturated carbocycles. The number of carbonyl (C=O) groups excluding carboxylic acids is 4. The molecule has 348 valence electrons. The molecule has 18 heteroatoms. The Morgan fingerprint density at radius 3 is 2.12 bits per heavy atom. The Hall–Kier alpha value is -4.52. The van der Waals surface area contributed by atoms with Gasteiger partial charge in [-0.3, -0.25) is 19.8 Å². The molecule has 3 fully saturated rings. The third kappa shape index (κ3) is 10.3. The molecule has 64 heavy (non-hydrogen) atoms. The van der Waals surface area contributed by atoms with Gasteiger partial charge in [0.1, 0.15) is 13.1 Å². The minimum atomic E-state index is -1.25. The van der Waals surface area contributed by atoms with E-state index in [0.29, 0.717) is 104 Å².